The summed E-state index contributed by atoms with van der Waals surface area (Å²) < 4.78 is 0. The lowest BCUT2D eigenvalue weighted by atomic mass is 9.70. The van der Waals surface area contributed by atoms with Crippen LogP contribution >= 0.6 is 0 Å². The first-order valence-corrected chi connectivity index (χ1v) is 9.62. The van der Waals surface area contributed by atoms with E-state index in [2.05, 4.69) is 66.7 Å². The second kappa shape index (κ2) is 9.21. The minimum Gasteiger partial charge on any atom is -0.478 e. The molecular formula is C24H36O2. The summed E-state index contributed by atoms with van der Waals surface area (Å²) in [5.74, 6) is 0.980. The van der Waals surface area contributed by atoms with Crippen LogP contribution in [0.2, 0.25) is 0 Å². The summed E-state index contributed by atoms with van der Waals surface area (Å²) in [5, 5.41) is 9.15. The van der Waals surface area contributed by atoms with Crippen LogP contribution < -0.4 is 0 Å². The Labute approximate surface area is 160 Å². The number of hydrogen-bond donors (Lipinski definition) is 1. The van der Waals surface area contributed by atoms with E-state index in [9.17, 15) is 4.79 Å². The molecule has 2 nitrogen and oxygen atoms in total. The van der Waals surface area contributed by atoms with E-state index < -0.39 is 5.97 Å². The van der Waals surface area contributed by atoms with Gasteiger partial charge in [0.1, 0.15) is 0 Å². The Kier molecular flexibility index (Phi) is 7.87. The summed E-state index contributed by atoms with van der Waals surface area (Å²) in [6.45, 7) is 17.8. The highest BCUT2D eigenvalue weighted by molar-refractivity contribution is 5.90. The van der Waals surface area contributed by atoms with Crippen molar-refractivity contribution in [3.63, 3.8) is 0 Å². The van der Waals surface area contributed by atoms with Gasteiger partial charge in [0.2, 0.25) is 0 Å². The van der Waals surface area contributed by atoms with Gasteiger partial charge in [0.05, 0.1) is 5.56 Å². The van der Waals surface area contributed by atoms with Gasteiger partial charge in [-0.25, -0.2) is 4.79 Å². The van der Waals surface area contributed by atoms with Crippen molar-refractivity contribution in [1.82, 2.24) is 0 Å². The lowest BCUT2D eigenvalue weighted by Gasteiger charge is -2.35. The molecule has 0 radical (unpaired) electrons. The standard InChI is InChI=1S/C24H36O2/c1-16(2)14-22(24(6,7)8)18(4)11-9-10-17(3)20-12-13-21(23(25)26)19(5)15-20/h9-13,15-16,18,22H,14H2,1-8H3,(H,25,26)/b11-9-,17-10+. The number of rotatable bonds is 7. The third-order valence-electron chi connectivity index (χ3n) is 5.15. The summed E-state index contributed by atoms with van der Waals surface area (Å²) in [4.78, 5) is 11.1. The highest BCUT2D eigenvalue weighted by Crippen LogP contribution is 2.37. The zero-order valence-electron chi connectivity index (χ0n) is 17.8. The molecule has 2 heteroatoms. The number of carboxylic acid groups (broad SMARTS) is 1. The molecule has 0 saturated heterocycles. The number of hydrogen-bond acceptors (Lipinski definition) is 1. The Morgan fingerprint density at radius 1 is 1.19 bits per heavy atom. The molecule has 0 saturated carbocycles. The molecule has 2 atom stereocenters. The van der Waals surface area contributed by atoms with Crippen LogP contribution in [-0.2, 0) is 0 Å². The van der Waals surface area contributed by atoms with Gasteiger partial charge in [-0.1, -0.05) is 71.9 Å². The molecule has 26 heavy (non-hydrogen) atoms. The summed E-state index contributed by atoms with van der Waals surface area (Å²) in [7, 11) is 0. The second-order valence-corrected chi connectivity index (χ2v) is 9.03. The molecule has 1 aromatic rings. The third-order valence-corrected chi connectivity index (χ3v) is 5.15. The van der Waals surface area contributed by atoms with E-state index >= 15 is 0 Å². The molecule has 2 unspecified atom stereocenters. The Morgan fingerprint density at radius 2 is 1.81 bits per heavy atom. The molecule has 0 aliphatic rings. The molecule has 0 amide bonds. The maximum atomic E-state index is 11.1. The molecule has 1 aromatic carbocycles. The maximum absolute atomic E-state index is 11.1. The third kappa shape index (κ3) is 6.48. The predicted molar refractivity (Wildman–Crippen MR) is 112 cm³/mol. The lowest BCUT2D eigenvalue weighted by Crippen LogP contribution is -2.27. The fourth-order valence-corrected chi connectivity index (χ4v) is 3.62. The van der Waals surface area contributed by atoms with Crippen molar-refractivity contribution in [1.29, 1.82) is 0 Å². The normalized spacial score (nSPS) is 15.5. The van der Waals surface area contributed by atoms with E-state index in [1.807, 2.05) is 19.1 Å². The first-order valence-electron chi connectivity index (χ1n) is 9.62. The van der Waals surface area contributed by atoms with Gasteiger partial charge in [-0.3, -0.25) is 0 Å². The maximum Gasteiger partial charge on any atom is 0.335 e. The molecule has 144 valence electrons. The highest BCUT2D eigenvalue weighted by Gasteiger charge is 2.28. The first kappa shape index (κ1) is 22.2. The zero-order valence-corrected chi connectivity index (χ0v) is 17.8. The fourth-order valence-electron chi connectivity index (χ4n) is 3.62. The highest BCUT2D eigenvalue weighted by atomic mass is 16.4. The summed E-state index contributed by atoms with van der Waals surface area (Å²) in [6, 6.07) is 5.52. The first-order chi connectivity index (χ1) is 11.9. The Balaban J connectivity index is 2.93. The van der Waals surface area contributed by atoms with Gasteiger partial charge < -0.3 is 5.11 Å². The van der Waals surface area contributed by atoms with Crippen molar-refractivity contribution < 1.29 is 9.90 Å². The lowest BCUT2D eigenvalue weighted by molar-refractivity contribution is 0.0696. The van der Waals surface area contributed by atoms with Crippen LogP contribution in [0.1, 0.15) is 76.4 Å². The molecule has 0 aromatic heterocycles. The van der Waals surface area contributed by atoms with Gasteiger partial charge in [0, 0.05) is 0 Å². The minimum absolute atomic E-state index is 0.288. The molecule has 1 N–H and O–H groups in total. The number of aryl methyl sites for hydroxylation is 1. The van der Waals surface area contributed by atoms with Crippen LogP contribution in [0.25, 0.3) is 5.57 Å². The molecule has 0 aliphatic heterocycles. The number of carbonyl (C=O) groups is 1. The van der Waals surface area contributed by atoms with Crippen LogP contribution in [0, 0.1) is 30.1 Å². The fraction of sp³-hybridized carbons (Fsp3) is 0.542. The quantitative estimate of drug-likeness (QED) is 0.534. The Bertz CT molecular complexity index is 672. The zero-order chi connectivity index (χ0) is 20.1. The van der Waals surface area contributed by atoms with Crippen molar-refractivity contribution in [2.24, 2.45) is 23.2 Å². The van der Waals surface area contributed by atoms with Crippen LogP contribution in [0.5, 0.6) is 0 Å². The largest absolute Gasteiger partial charge is 0.478 e. The minimum atomic E-state index is -0.872. The number of benzene rings is 1. The number of aromatic carboxylic acids is 1. The average molecular weight is 357 g/mol. The summed E-state index contributed by atoms with van der Waals surface area (Å²) >= 11 is 0. The van der Waals surface area contributed by atoms with E-state index in [1.54, 1.807) is 6.07 Å². The van der Waals surface area contributed by atoms with Crippen LogP contribution in [0.4, 0.5) is 0 Å². The van der Waals surface area contributed by atoms with E-state index in [0.29, 0.717) is 23.3 Å². The molecule has 0 fully saturated rings. The molecule has 0 heterocycles. The van der Waals surface area contributed by atoms with Crippen molar-refractivity contribution in [2.45, 2.75) is 61.8 Å². The summed E-state index contributed by atoms with van der Waals surface area (Å²) in [5.41, 5.74) is 3.66. The smallest absolute Gasteiger partial charge is 0.335 e. The number of carboxylic acids is 1. The topological polar surface area (TPSA) is 37.3 Å². The SMILES string of the molecule is C/C(=C\C=C/C(C)C(CC(C)C)C(C)(C)C)c1ccc(C(=O)O)c(C)c1. The Hall–Kier alpha value is -1.83. The van der Waals surface area contributed by atoms with Crippen molar-refractivity contribution in [3.05, 3.63) is 53.1 Å². The average Bonchev–Trinajstić information content (AvgIpc) is 2.50. The molecular weight excluding hydrogens is 320 g/mol. The van der Waals surface area contributed by atoms with E-state index in [4.69, 9.17) is 5.11 Å². The van der Waals surface area contributed by atoms with Gasteiger partial charge >= 0.3 is 5.97 Å². The molecule has 0 bridgehead atoms. The van der Waals surface area contributed by atoms with Gasteiger partial charge in [-0.15, -0.1) is 0 Å². The molecule has 0 spiro atoms. The van der Waals surface area contributed by atoms with E-state index in [-0.39, 0.29) is 5.41 Å². The van der Waals surface area contributed by atoms with Gasteiger partial charge in [-0.2, -0.15) is 0 Å². The van der Waals surface area contributed by atoms with Crippen molar-refractivity contribution in [2.75, 3.05) is 0 Å². The van der Waals surface area contributed by atoms with E-state index in [0.717, 1.165) is 16.7 Å². The van der Waals surface area contributed by atoms with Crippen LogP contribution in [0.15, 0.2) is 36.4 Å². The molecule has 0 aliphatic carbocycles. The van der Waals surface area contributed by atoms with Gasteiger partial charge in [0.15, 0.2) is 0 Å². The Morgan fingerprint density at radius 3 is 2.27 bits per heavy atom. The van der Waals surface area contributed by atoms with Crippen molar-refractivity contribution >= 4 is 11.5 Å². The van der Waals surface area contributed by atoms with E-state index in [1.165, 1.54) is 6.42 Å². The van der Waals surface area contributed by atoms with Crippen molar-refractivity contribution in [3.8, 4) is 0 Å². The predicted octanol–water partition coefficient (Wildman–Crippen LogP) is 7.00. The van der Waals surface area contributed by atoms with Crippen LogP contribution in [0.3, 0.4) is 0 Å². The van der Waals surface area contributed by atoms with Gasteiger partial charge in [0.25, 0.3) is 0 Å². The van der Waals surface area contributed by atoms with Gasteiger partial charge in [-0.05, 0) is 66.2 Å². The summed E-state index contributed by atoms with van der Waals surface area (Å²) in [6.07, 6.45) is 7.81. The monoisotopic (exact) mass is 356 g/mol. The second-order valence-electron chi connectivity index (χ2n) is 9.03. The number of allylic oxidation sites excluding steroid dienone is 4. The van der Waals surface area contributed by atoms with Crippen LogP contribution in [-0.4, -0.2) is 11.1 Å². The molecule has 1 rings (SSSR count).